The lowest BCUT2D eigenvalue weighted by Crippen LogP contribution is -2.30. The second-order valence-corrected chi connectivity index (χ2v) is 6.85. The van der Waals surface area contributed by atoms with Gasteiger partial charge >= 0.3 is 6.41 Å². The van der Waals surface area contributed by atoms with Crippen LogP contribution in [0, 0.1) is 0 Å². The van der Waals surface area contributed by atoms with Crippen LogP contribution in [-0.4, -0.2) is 24.9 Å². The Morgan fingerprint density at radius 1 is 1.13 bits per heavy atom. The number of aromatic hydroxyl groups is 1. The minimum atomic E-state index is -3.96. The molecular weight excluding hydrogens is 316 g/mol. The van der Waals surface area contributed by atoms with Crippen molar-refractivity contribution in [2.24, 2.45) is 0 Å². The van der Waals surface area contributed by atoms with Crippen LogP contribution in [-0.2, 0) is 20.6 Å². The van der Waals surface area contributed by atoms with Crippen molar-refractivity contribution in [1.29, 1.82) is 0 Å². The van der Waals surface area contributed by atoms with Crippen molar-refractivity contribution < 1.29 is 18.3 Å². The smallest absolute Gasteiger partial charge is 0.331 e. The average Bonchev–Trinajstić information content (AvgIpc) is 2.94. The van der Waals surface area contributed by atoms with Crippen molar-refractivity contribution >= 4 is 33.0 Å². The molecule has 1 aromatic heterocycles. The van der Waals surface area contributed by atoms with Gasteiger partial charge in [-0.05, 0) is 35.2 Å². The first kappa shape index (κ1) is 15.1. The lowest BCUT2D eigenvalue weighted by Gasteiger charge is -2.17. The van der Waals surface area contributed by atoms with E-state index < -0.39 is 10.0 Å². The van der Waals surface area contributed by atoms with E-state index >= 15 is 0 Å². The Hall–Kier alpha value is -2.80. The maximum absolute atomic E-state index is 12.5. The highest BCUT2D eigenvalue weighted by atomic mass is 32.2. The molecular formula is C16H13N2O4S. The van der Waals surface area contributed by atoms with Gasteiger partial charge in [-0.3, -0.25) is 4.79 Å². The molecule has 1 amide bonds. The van der Waals surface area contributed by atoms with Crippen molar-refractivity contribution in [2.75, 3.05) is 4.31 Å². The molecule has 1 radical (unpaired) electrons. The van der Waals surface area contributed by atoms with Crippen molar-refractivity contribution in [2.45, 2.75) is 5.75 Å². The van der Waals surface area contributed by atoms with Crippen LogP contribution >= 0.6 is 0 Å². The van der Waals surface area contributed by atoms with E-state index in [1.54, 1.807) is 24.4 Å². The van der Waals surface area contributed by atoms with Crippen LogP contribution in [0.2, 0.25) is 0 Å². The van der Waals surface area contributed by atoms with Gasteiger partial charge in [0.25, 0.3) is 0 Å². The van der Waals surface area contributed by atoms with Gasteiger partial charge in [0, 0.05) is 17.8 Å². The molecule has 0 spiro atoms. The van der Waals surface area contributed by atoms with E-state index in [1.807, 2.05) is 6.07 Å². The predicted octanol–water partition coefficient (Wildman–Crippen LogP) is 2.28. The highest BCUT2D eigenvalue weighted by Gasteiger charge is 2.24. The Morgan fingerprint density at radius 2 is 1.96 bits per heavy atom. The number of fused-ring (bicyclic) bond motifs is 1. The number of sulfonamides is 1. The van der Waals surface area contributed by atoms with Crippen molar-refractivity contribution in [1.82, 2.24) is 4.98 Å². The Kier molecular flexibility index (Phi) is 3.79. The molecule has 3 aromatic rings. The van der Waals surface area contributed by atoms with Gasteiger partial charge in [-0.15, -0.1) is 0 Å². The summed E-state index contributed by atoms with van der Waals surface area (Å²) in [5.74, 6) is -0.488. The highest BCUT2D eigenvalue weighted by molar-refractivity contribution is 7.92. The van der Waals surface area contributed by atoms with Crippen LogP contribution in [0.4, 0.5) is 5.69 Å². The van der Waals surface area contributed by atoms with E-state index in [1.165, 1.54) is 30.7 Å². The summed E-state index contributed by atoms with van der Waals surface area (Å²) in [4.78, 5) is 14.2. The van der Waals surface area contributed by atoms with E-state index in [9.17, 15) is 18.3 Å². The van der Waals surface area contributed by atoms with Crippen LogP contribution < -0.4 is 4.31 Å². The minimum absolute atomic E-state index is 0.0425. The average molecular weight is 329 g/mol. The first-order valence-electron chi connectivity index (χ1n) is 6.75. The van der Waals surface area contributed by atoms with Gasteiger partial charge in [0.2, 0.25) is 10.0 Å². The Balaban J connectivity index is 1.94. The number of rotatable bonds is 5. The summed E-state index contributed by atoms with van der Waals surface area (Å²) in [6.07, 6.45) is 3.18. The molecule has 0 atom stereocenters. The number of nitrogens with one attached hydrogen (secondary N) is 1. The molecule has 0 aliphatic rings. The number of nitrogens with zero attached hydrogens (tertiary/aromatic N) is 1. The van der Waals surface area contributed by atoms with E-state index in [4.69, 9.17) is 0 Å². The third-order valence-corrected chi connectivity index (χ3v) is 4.93. The van der Waals surface area contributed by atoms with Gasteiger partial charge < -0.3 is 10.1 Å². The van der Waals surface area contributed by atoms with Gasteiger partial charge in [-0.25, -0.2) is 8.42 Å². The quantitative estimate of drug-likeness (QED) is 0.703. The normalized spacial score (nSPS) is 11.5. The van der Waals surface area contributed by atoms with E-state index in [-0.39, 0.29) is 17.2 Å². The molecule has 0 saturated carbocycles. The van der Waals surface area contributed by atoms with E-state index in [2.05, 4.69) is 4.98 Å². The largest absolute Gasteiger partial charge is 0.508 e. The summed E-state index contributed by atoms with van der Waals surface area (Å²) < 4.78 is 25.5. The summed E-state index contributed by atoms with van der Waals surface area (Å²) >= 11 is 0. The number of amides is 1. The number of benzene rings is 2. The standard InChI is InChI=1S/C16H13N2O4S/c19-11-18(14-2-1-3-15(20)9-14)23(21,22)10-12-4-5-13-6-7-17-16(13)8-12/h1-9,17,20H,10H2. The molecule has 2 N–H and O–H groups in total. The second kappa shape index (κ2) is 5.77. The molecule has 0 saturated heterocycles. The molecule has 23 heavy (non-hydrogen) atoms. The number of hydrogen-bond acceptors (Lipinski definition) is 4. The van der Waals surface area contributed by atoms with Gasteiger partial charge in [-0.1, -0.05) is 18.2 Å². The van der Waals surface area contributed by atoms with Crippen LogP contribution in [0.5, 0.6) is 5.75 Å². The lowest BCUT2D eigenvalue weighted by molar-refractivity contribution is 0.475. The monoisotopic (exact) mass is 329 g/mol. The summed E-state index contributed by atoms with van der Waals surface area (Å²) in [5, 5.41) is 10.4. The summed E-state index contributed by atoms with van der Waals surface area (Å²) in [5.41, 5.74) is 1.40. The van der Waals surface area contributed by atoms with Gasteiger partial charge in [0.15, 0.2) is 0 Å². The van der Waals surface area contributed by atoms with E-state index in [0.29, 0.717) is 9.87 Å². The van der Waals surface area contributed by atoms with E-state index in [0.717, 1.165) is 10.9 Å². The van der Waals surface area contributed by atoms with Crippen LogP contribution in [0.25, 0.3) is 10.9 Å². The number of aromatic amines is 1. The van der Waals surface area contributed by atoms with Gasteiger partial charge in [0.05, 0.1) is 11.4 Å². The molecule has 0 unspecified atom stereocenters. The van der Waals surface area contributed by atoms with Crippen molar-refractivity contribution in [3.8, 4) is 5.75 Å². The number of phenolic OH excluding ortho intramolecular Hbond substituents is 1. The molecule has 117 valence electrons. The summed E-state index contributed by atoms with van der Waals surface area (Å²) in [6, 6.07) is 12.5. The second-order valence-electron chi connectivity index (χ2n) is 5.03. The number of anilines is 1. The molecule has 0 bridgehead atoms. The van der Waals surface area contributed by atoms with Crippen molar-refractivity contribution in [3.05, 3.63) is 60.3 Å². The molecule has 0 aliphatic heterocycles. The zero-order valence-electron chi connectivity index (χ0n) is 11.9. The molecule has 0 fully saturated rings. The number of phenols is 1. The molecule has 0 aliphatic carbocycles. The number of hydrogen-bond donors (Lipinski definition) is 2. The summed E-state index contributed by atoms with van der Waals surface area (Å²) in [6.45, 7) is 0. The zero-order chi connectivity index (χ0) is 16.4. The minimum Gasteiger partial charge on any atom is -0.508 e. The molecule has 7 heteroatoms. The van der Waals surface area contributed by atoms with Crippen LogP contribution in [0.3, 0.4) is 0 Å². The Morgan fingerprint density at radius 3 is 2.70 bits per heavy atom. The first-order valence-corrected chi connectivity index (χ1v) is 8.36. The third-order valence-electron chi connectivity index (χ3n) is 3.39. The third kappa shape index (κ3) is 3.04. The van der Waals surface area contributed by atoms with Gasteiger partial charge in [0.1, 0.15) is 5.75 Å². The topological polar surface area (TPSA) is 90.5 Å². The molecule has 2 aromatic carbocycles. The lowest BCUT2D eigenvalue weighted by atomic mass is 10.2. The fourth-order valence-corrected chi connectivity index (χ4v) is 3.63. The SMILES string of the molecule is O=[C]N(c1cccc(O)c1)S(=O)(=O)Cc1ccc2cc[nH]c2c1. The van der Waals surface area contributed by atoms with Crippen LogP contribution in [0.1, 0.15) is 5.56 Å². The molecule has 3 rings (SSSR count). The Bertz CT molecular complexity index is 963. The maximum Gasteiger partial charge on any atom is 0.331 e. The number of carbonyl (C=O) groups excluding carboxylic acids is 1. The van der Waals surface area contributed by atoms with Crippen LogP contribution in [0.15, 0.2) is 54.7 Å². The maximum atomic E-state index is 12.5. The fraction of sp³-hybridized carbons (Fsp3) is 0.0625. The highest BCUT2D eigenvalue weighted by Crippen LogP contribution is 2.24. The summed E-state index contributed by atoms with van der Waals surface area (Å²) in [7, 11) is -3.96. The Labute approximate surface area is 133 Å². The number of aromatic nitrogens is 1. The first-order chi connectivity index (χ1) is 11.0. The molecule has 6 nitrogen and oxygen atoms in total. The zero-order valence-corrected chi connectivity index (χ0v) is 12.7. The molecule has 1 heterocycles. The van der Waals surface area contributed by atoms with Crippen molar-refractivity contribution in [3.63, 3.8) is 0 Å². The predicted molar refractivity (Wildman–Crippen MR) is 87.2 cm³/mol. The van der Waals surface area contributed by atoms with Gasteiger partial charge in [-0.2, -0.15) is 4.31 Å². The number of H-pyrrole nitrogens is 1. The fourth-order valence-electron chi connectivity index (χ4n) is 2.35.